The van der Waals surface area contributed by atoms with Crippen molar-refractivity contribution < 1.29 is 38.1 Å². The van der Waals surface area contributed by atoms with E-state index in [2.05, 4.69) is 20.4 Å². The van der Waals surface area contributed by atoms with E-state index in [1.54, 1.807) is 6.92 Å². The Morgan fingerprint density at radius 1 is 1.06 bits per heavy atom. The molecule has 2 saturated heterocycles. The average Bonchev–Trinajstić information content (AvgIpc) is 3.08. The number of hydrogen-bond donors (Lipinski definition) is 0. The standard InChI is InChI=1S/C26H38O8/c1-13(2)18-12-21(31-15(4)27)26(8,34-17(6)29)23-20-11-14(3)19(30)9-10-25(7,33-16(5)28)24(32-20)22(18)23/h13,18,20-24H,3,9-12H2,1-2,4-8H3. The molecule has 0 amide bonds. The highest BCUT2D eigenvalue weighted by Crippen LogP contribution is 2.58. The van der Waals surface area contributed by atoms with Gasteiger partial charge in [-0.05, 0) is 44.1 Å². The Morgan fingerprint density at radius 3 is 2.21 bits per heavy atom. The normalized spacial score (nSPS) is 40.0. The Morgan fingerprint density at radius 2 is 1.68 bits per heavy atom. The number of ether oxygens (including phenoxy) is 4. The molecule has 8 nitrogen and oxygen atoms in total. The Bertz CT molecular complexity index is 878. The van der Waals surface area contributed by atoms with Crippen molar-refractivity contribution in [1.82, 2.24) is 0 Å². The number of esters is 3. The number of hydrogen-bond acceptors (Lipinski definition) is 8. The first-order valence-corrected chi connectivity index (χ1v) is 12.1. The molecule has 190 valence electrons. The summed E-state index contributed by atoms with van der Waals surface area (Å²) in [7, 11) is 0. The molecule has 0 radical (unpaired) electrons. The van der Waals surface area contributed by atoms with E-state index >= 15 is 0 Å². The molecular formula is C26H38O8. The molecule has 0 N–H and O–H groups in total. The molecule has 8 atom stereocenters. The molecule has 3 aliphatic rings. The first-order valence-electron chi connectivity index (χ1n) is 12.1. The van der Waals surface area contributed by atoms with Crippen LogP contribution < -0.4 is 0 Å². The topological polar surface area (TPSA) is 105 Å². The van der Waals surface area contributed by atoms with Gasteiger partial charge in [-0.2, -0.15) is 0 Å². The molecule has 34 heavy (non-hydrogen) atoms. The Labute approximate surface area is 201 Å². The summed E-state index contributed by atoms with van der Waals surface area (Å²) in [6.45, 7) is 15.8. The molecule has 8 unspecified atom stereocenters. The van der Waals surface area contributed by atoms with Crippen LogP contribution in [0.2, 0.25) is 0 Å². The fourth-order valence-electron chi connectivity index (χ4n) is 6.62. The van der Waals surface area contributed by atoms with Crippen molar-refractivity contribution in [1.29, 1.82) is 0 Å². The first-order chi connectivity index (χ1) is 15.7. The van der Waals surface area contributed by atoms with Gasteiger partial charge in [0.1, 0.15) is 17.8 Å². The smallest absolute Gasteiger partial charge is 0.303 e. The van der Waals surface area contributed by atoms with Gasteiger partial charge in [-0.3, -0.25) is 19.2 Å². The molecule has 3 rings (SSSR count). The summed E-state index contributed by atoms with van der Waals surface area (Å²) in [6, 6.07) is 0. The number of carbonyl (C=O) groups is 4. The van der Waals surface area contributed by atoms with Crippen LogP contribution in [0, 0.1) is 23.7 Å². The summed E-state index contributed by atoms with van der Waals surface area (Å²) in [6.07, 6.45) is -0.483. The molecule has 1 saturated carbocycles. The Balaban J connectivity index is 2.21. The van der Waals surface area contributed by atoms with Gasteiger partial charge in [0.05, 0.1) is 6.10 Å². The molecule has 2 aliphatic heterocycles. The van der Waals surface area contributed by atoms with Crippen molar-refractivity contribution in [3.05, 3.63) is 12.2 Å². The monoisotopic (exact) mass is 478 g/mol. The third-order valence-corrected chi connectivity index (χ3v) is 7.97. The molecule has 8 heteroatoms. The maximum Gasteiger partial charge on any atom is 0.303 e. The highest BCUT2D eigenvalue weighted by molar-refractivity contribution is 5.94. The van der Waals surface area contributed by atoms with Gasteiger partial charge in [0.25, 0.3) is 0 Å². The second kappa shape index (κ2) is 9.44. The van der Waals surface area contributed by atoms with E-state index in [0.29, 0.717) is 18.4 Å². The quantitative estimate of drug-likeness (QED) is 0.343. The molecular weight excluding hydrogens is 440 g/mol. The lowest BCUT2D eigenvalue weighted by Gasteiger charge is -2.53. The lowest BCUT2D eigenvalue weighted by atomic mass is 9.56. The highest BCUT2D eigenvalue weighted by atomic mass is 16.6. The van der Waals surface area contributed by atoms with Crippen molar-refractivity contribution >= 4 is 23.7 Å². The number of Topliss-reactive ketones (excluding diaryl/α,β-unsaturated/α-hetero) is 1. The Kier molecular flexibility index (Phi) is 7.32. The van der Waals surface area contributed by atoms with Gasteiger partial charge >= 0.3 is 17.9 Å². The number of fused-ring (bicyclic) bond motifs is 5. The summed E-state index contributed by atoms with van der Waals surface area (Å²) >= 11 is 0. The second-order valence-corrected chi connectivity index (χ2v) is 10.9. The fourth-order valence-corrected chi connectivity index (χ4v) is 6.62. The van der Waals surface area contributed by atoms with E-state index in [9.17, 15) is 19.2 Å². The van der Waals surface area contributed by atoms with Crippen LogP contribution in [0.25, 0.3) is 0 Å². The molecule has 0 spiro atoms. The molecule has 0 aromatic heterocycles. The zero-order valence-corrected chi connectivity index (χ0v) is 21.3. The van der Waals surface area contributed by atoms with Gasteiger partial charge in [-0.1, -0.05) is 20.4 Å². The summed E-state index contributed by atoms with van der Waals surface area (Å²) in [4.78, 5) is 49.3. The van der Waals surface area contributed by atoms with Crippen LogP contribution in [0.1, 0.15) is 74.1 Å². The predicted molar refractivity (Wildman–Crippen MR) is 122 cm³/mol. The predicted octanol–water partition coefficient (Wildman–Crippen LogP) is 3.55. The molecule has 1 aliphatic carbocycles. The van der Waals surface area contributed by atoms with Crippen molar-refractivity contribution in [2.75, 3.05) is 0 Å². The number of carbonyl (C=O) groups excluding carboxylic acids is 4. The van der Waals surface area contributed by atoms with Gasteiger partial charge in [-0.25, -0.2) is 0 Å². The lowest BCUT2D eigenvalue weighted by Crippen LogP contribution is -2.63. The van der Waals surface area contributed by atoms with E-state index in [4.69, 9.17) is 18.9 Å². The van der Waals surface area contributed by atoms with E-state index in [-0.39, 0.29) is 36.4 Å². The molecule has 2 heterocycles. The molecule has 2 bridgehead atoms. The van der Waals surface area contributed by atoms with Gasteiger partial charge in [-0.15, -0.1) is 0 Å². The van der Waals surface area contributed by atoms with Crippen LogP contribution in [0.15, 0.2) is 12.2 Å². The van der Waals surface area contributed by atoms with E-state index < -0.39 is 53.3 Å². The maximum absolute atomic E-state index is 12.8. The van der Waals surface area contributed by atoms with Crippen molar-refractivity contribution in [3.63, 3.8) is 0 Å². The third kappa shape index (κ3) is 4.79. The molecule has 3 fully saturated rings. The van der Waals surface area contributed by atoms with Gasteiger partial charge < -0.3 is 18.9 Å². The number of ketones is 1. The minimum Gasteiger partial charge on any atom is -0.458 e. The van der Waals surface area contributed by atoms with Crippen molar-refractivity contribution in [2.45, 2.75) is 104 Å². The van der Waals surface area contributed by atoms with Crippen LogP contribution in [0.3, 0.4) is 0 Å². The van der Waals surface area contributed by atoms with Crippen LogP contribution in [-0.4, -0.2) is 53.2 Å². The lowest BCUT2D eigenvalue weighted by molar-refractivity contribution is -0.215. The van der Waals surface area contributed by atoms with Crippen LogP contribution in [-0.2, 0) is 38.1 Å². The van der Waals surface area contributed by atoms with Crippen molar-refractivity contribution in [3.8, 4) is 0 Å². The van der Waals surface area contributed by atoms with E-state index in [0.717, 1.165) is 0 Å². The van der Waals surface area contributed by atoms with Gasteiger partial charge in [0.15, 0.2) is 11.4 Å². The maximum atomic E-state index is 12.8. The minimum atomic E-state index is -1.19. The molecule has 0 aromatic rings. The van der Waals surface area contributed by atoms with E-state index in [1.165, 1.54) is 20.8 Å². The highest BCUT2D eigenvalue weighted by Gasteiger charge is 2.67. The van der Waals surface area contributed by atoms with Crippen molar-refractivity contribution in [2.24, 2.45) is 23.7 Å². The Hall–Kier alpha value is -2.22. The first kappa shape index (κ1) is 26.4. The van der Waals surface area contributed by atoms with Gasteiger partial charge in [0.2, 0.25) is 0 Å². The second-order valence-electron chi connectivity index (χ2n) is 10.9. The zero-order chi connectivity index (χ0) is 25.6. The largest absolute Gasteiger partial charge is 0.458 e. The third-order valence-electron chi connectivity index (χ3n) is 7.97. The summed E-state index contributed by atoms with van der Waals surface area (Å²) < 4.78 is 24.2. The van der Waals surface area contributed by atoms with Crippen LogP contribution >= 0.6 is 0 Å². The fraction of sp³-hybridized carbons (Fsp3) is 0.769. The van der Waals surface area contributed by atoms with Crippen LogP contribution in [0.5, 0.6) is 0 Å². The van der Waals surface area contributed by atoms with E-state index in [1.807, 2.05) is 6.92 Å². The van der Waals surface area contributed by atoms with Gasteiger partial charge in [0, 0.05) is 45.4 Å². The number of rotatable bonds is 4. The zero-order valence-electron chi connectivity index (χ0n) is 21.3. The summed E-state index contributed by atoms with van der Waals surface area (Å²) in [5, 5.41) is 0. The summed E-state index contributed by atoms with van der Waals surface area (Å²) in [5.74, 6) is -1.84. The average molecular weight is 479 g/mol. The molecule has 0 aromatic carbocycles. The van der Waals surface area contributed by atoms with Crippen LogP contribution in [0.4, 0.5) is 0 Å². The SMILES string of the molecule is C=C1CC2OC(C3C(C(C)C)CC(OC(C)=O)C(C)(OC(C)=O)C23)C(C)(OC(C)=O)CCC1=O. The minimum absolute atomic E-state index is 0.0336. The summed E-state index contributed by atoms with van der Waals surface area (Å²) in [5.41, 5.74) is -1.81.